The molecule has 7 heteroatoms. The van der Waals surface area contributed by atoms with Gasteiger partial charge in [0.2, 0.25) is 0 Å². The summed E-state index contributed by atoms with van der Waals surface area (Å²) < 4.78 is 10.9. The lowest BCUT2D eigenvalue weighted by Crippen LogP contribution is -2.30. The van der Waals surface area contributed by atoms with Gasteiger partial charge in [-0.25, -0.2) is 0 Å². The summed E-state index contributed by atoms with van der Waals surface area (Å²) in [5, 5.41) is 21.0. The number of amides is 1. The zero-order chi connectivity index (χ0) is 20.5. The highest BCUT2D eigenvalue weighted by Crippen LogP contribution is 2.31. The van der Waals surface area contributed by atoms with Crippen molar-refractivity contribution in [2.24, 2.45) is 0 Å². The second kappa shape index (κ2) is 9.97. The topological polar surface area (TPSA) is 109 Å². The molecule has 2 N–H and O–H groups in total. The number of carboxylic acid groups (broad SMARTS) is 1. The van der Waals surface area contributed by atoms with E-state index in [1.807, 2.05) is 13.0 Å². The van der Waals surface area contributed by atoms with Crippen molar-refractivity contribution in [2.45, 2.75) is 25.8 Å². The Labute approximate surface area is 163 Å². The Bertz CT molecular complexity index is 889. The Balaban J connectivity index is 2.29. The van der Waals surface area contributed by atoms with Gasteiger partial charge < -0.3 is 19.9 Å². The van der Waals surface area contributed by atoms with Crippen molar-refractivity contribution in [1.82, 2.24) is 5.32 Å². The summed E-state index contributed by atoms with van der Waals surface area (Å²) in [4.78, 5) is 23.9. The van der Waals surface area contributed by atoms with Crippen LogP contribution in [0.1, 0.15) is 47.3 Å². The lowest BCUT2D eigenvalue weighted by atomic mass is 10.0. The van der Waals surface area contributed by atoms with E-state index in [1.165, 1.54) is 13.2 Å². The normalized spacial score (nSPS) is 11.2. The molecule has 0 fully saturated rings. The largest absolute Gasteiger partial charge is 0.493 e. The van der Waals surface area contributed by atoms with Crippen LogP contribution in [0.15, 0.2) is 42.5 Å². The second-order valence-electron chi connectivity index (χ2n) is 6.08. The van der Waals surface area contributed by atoms with Crippen LogP contribution < -0.4 is 14.8 Å². The van der Waals surface area contributed by atoms with Crippen LogP contribution in [0.5, 0.6) is 11.5 Å². The Morgan fingerprint density at radius 1 is 1.21 bits per heavy atom. The van der Waals surface area contributed by atoms with Crippen LogP contribution in [0, 0.1) is 11.3 Å². The minimum absolute atomic E-state index is 0.282. The molecule has 0 aliphatic rings. The number of benzene rings is 2. The van der Waals surface area contributed by atoms with Gasteiger partial charge in [0.25, 0.3) is 5.91 Å². The molecule has 0 aliphatic heterocycles. The van der Waals surface area contributed by atoms with Gasteiger partial charge in [-0.2, -0.15) is 5.26 Å². The molecule has 2 aromatic rings. The Hall–Kier alpha value is -3.53. The zero-order valence-corrected chi connectivity index (χ0v) is 15.8. The van der Waals surface area contributed by atoms with Gasteiger partial charge in [0.1, 0.15) is 0 Å². The van der Waals surface area contributed by atoms with Gasteiger partial charge >= 0.3 is 5.97 Å². The lowest BCUT2D eigenvalue weighted by molar-refractivity contribution is -0.137. The molecule has 1 amide bonds. The Morgan fingerprint density at radius 2 is 2.00 bits per heavy atom. The number of nitriles is 1. The maximum Gasteiger partial charge on any atom is 0.305 e. The molecule has 0 bridgehead atoms. The first-order valence-electron chi connectivity index (χ1n) is 8.82. The maximum absolute atomic E-state index is 12.6. The van der Waals surface area contributed by atoms with E-state index >= 15 is 0 Å². The fourth-order valence-electron chi connectivity index (χ4n) is 2.63. The van der Waals surface area contributed by atoms with Crippen LogP contribution in [0.25, 0.3) is 0 Å². The summed E-state index contributed by atoms with van der Waals surface area (Å²) in [6.45, 7) is 2.51. The molecule has 0 saturated carbocycles. The minimum atomic E-state index is -1.05. The molecule has 0 aliphatic carbocycles. The van der Waals surface area contributed by atoms with Crippen molar-refractivity contribution in [1.29, 1.82) is 5.26 Å². The Kier molecular flexibility index (Phi) is 7.40. The average Bonchev–Trinajstić information content (AvgIpc) is 2.71. The summed E-state index contributed by atoms with van der Waals surface area (Å²) in [7, 11) is 1.50. The first kappa shape index (κ1) is 20.8. The van der Waals surface area contributed by atoms with Gasteiger partial charge in [0.05, 0.1) is 37.8 Å². The summed E-state index contributed by atoms with van der Waals surface area (Å²) in [5.41, 5.74) is 1.21. The predicted octanol–water partition coefficient (Wildman–Crippen LogP) is 3.30. The van der Waals surface area contributed by atoms with Crippen molar-refractivity contribution in [3.63, 3.8) is 0 Å². The number of rotatable bonds is 9. The first-order valence-corrected chi connectivity index (χ1v) is 8.82. The molecule has 1 atom stereocenters. The highest BCUT2D eigenvalue weighted by Gasteiger charge is 2.21. The van der Waals surface area contributed by atoms with Crippen molar-refractivity contribution < 1.29 is 24.2 Å². The molecule has 0 radical (unpaired) electrons. The van der Waals surface area contributed by atoms with Crippen molar-refractivity contribution in [3.8, 4) is 17.6 Å². The third-order valence-electron chi connectivity index (χ3n) is 3.99. The van der Waals surface area contributed by atoms with E-state index in [4.69, 9.17) is 14.7 Å². The van der Waals surface area contributed by atoms with Gasteiger partial charge in [-0.05, 0) is 42.3 Å². The number of nitrogens with one attached hydrogen (secondary N) is 1. The number of ether oxygens (including phenoxy) is 2. The number of hydrogen-bond donors (Lipinski definition) is 2. The highest BCUT2D eigenvalue weighted by molar-refractivity contribution is 5.95. The van der Waals surface area contributed by atoms with E-state index in [1.54, 1.807) is 36.4 Å². The SMILES string of the molecule is CCCOc1ccc(C(CC(=O)O)NC(=O)c2cccc(C#N)c2)cc1OC. The first-order chi connectivity index (χ1) is 13.5. The van der Waals surface area contributed by atoms with E-state index < -0.39 is 17.9 Å². The molecule has 7 nitrogen and oxygen atoms in total. The smallest absolute Gasteiger partial charge is 0.305 e. The van der Waals surface area contributed by atoms with Crippen LogP contribution in [0.3, 0.4) is 0 Å². The van der Waals surface area contributed by atoms with Crippen LogP contribution >= 0.6 is 0 Å². The third-order valence-corrected chi connectivity index (χ3v) is 3.99. The molecule has 0 heterocycles. The maximum atomic E-state index is 12.6. The monoisotopic (exact) mass is 382 g/mol. The van der Waals surface area contributed by atoms with Gasteiger partial charge in [-0.3, -0.25) is 9.59 Å². The lowest BCUT2D eigenvalue weighted by Gasteiger charge is -2.19. The minimum Gasteiger partial charge on any atom is -0.493 e. The molecule has 2 rings (SSSR count). The number of methoxy groups -OCH3 is 1. The van der Waals surface area contributed by atoms with Gasteiger partial charge in [-0.15, -0.1) is 0 Å². The van der Waals surface area contributed by atoms with E-state index in [0.29, 0.717) is 29.2 Å². The number of aliphatic carboxylic acids is 1. The third kappa shape index (κ3) is 5.48. The standard InChI is InChI=1S/C21H22N2O5/c1-3-9-28-18-8-7-15(11-19(18)27-2)17(12-20(24)25)23-21(26)16-6-4-5-14(10-16)13-22/h4-8,10-11,17H,3,9,12H2,1-2H3,(H,23,26)(H,24,25). The van der Waals surface area contributed by atoms with Crippen molar-refractivity contribution in [2.75, 3.05) is 13.7 Å². The van der Waals surface area contributed by atoms with E-state index in [9.17, 15) is 14.7 Å². The Morgan fingerprint density at radius 3 is 2.64 bits per heavy atom. The fourth-order valence-corrected chi connectivity index (χ4v) is 2.63. The van der Waals surface area contributed by atoms with E-state index in [-0.39, 0.29) is 12.0 Å². The van der Waals surface area contributed by atoms with Crippen LogP contribution in [-0.2, 0) is 4.79 Å². The zero-order valence-electron chi connectivity index (χ0n) is 15.8. The quantitative estimate of drug-likeness (QED) is 0.689. The molecule has 0 spiro atoms. The highest BCUT2D eigenvalue weighted by atomic mass is 16.5. The van der Waals surface area contributed by atoms with E-state index in [2.05, 4.69) is 5.32 Å². The number of carbonyl (C=O) groups excluding carboxylic acids is 1. The van der Waals surface area contributed by atoms with E-state index in [0.717, 1.165) is 6.42 Å². The summed E-state index contributed by atoms with van der Waals surface area (Å²) in [6, 6.07) is 12.5. The summed E-state index contributed by atoms with van der Waals surface area (Å²) in [5.74, 6) is -0.507. The molecule has 146 valence electrons. The number of carboxylic acids is 1. The molecule has 0 aromatic heterocycles. The molecular weight excluding hydrogens is 360 g/mol. The average molecular weight is 382 g/mol. The second-order valence-corrected chi connectivity index (χ2v) is 6.08. The molecule has 2 aromatic carbocycles. The number of carbonyl (C=O) groups is 2. The van der Waals surface area contributed by atoms with Crippen molar-refractivity contribution >= 4 is 11.9 Å². The van der Waals surface area contributed by atoms with Gasteiger partial charge in [-0.1, -0.05) is 19.1 Å². The molecule has 0 saturated heterocycles. The van der Waals surface area contributed by atoms with Gasteiger partial charge in [0, 0.05) is 5.56 Å². The molecule has 1 unspecified atom stereocenters. The van der Waals surface area contributed by atoms with Crippen LogP contribution in [-0.4, -0.2) is 30.7 Å². The molecule has 28 heavy (non-hydrogen) atoms. The van der Waals surface area contributed by atoms with Crippen LogP contribution in [0.2, 0.25) is 0 Å². The predicted molar refractivity (Wildman–Crippen MR) is 102 cm³/mol. The molecular formula is C21H22N2O5. The number of hydrogen-bond acceptors (Lipinski definition) is 5. The van der Waals surface area contributed by atoms with Crippen molar-refractivity contribution in [3.05, 3.63) is 59.2 Å². The van der Waals surface area contributed by atoms with Crippen LogP contribution in [0.4, 0.5) is 0 Å². The van der Waals surface area contributed by atoms with Gasteiger partial charge in [0.15, 0.2) is 11.5 Å². The fraction of sp³-hybridized carbons (Fsp3) is 0.286. The summed E-state index contributed by atoms with van der Waals surface area (Å²) in [6.07, 6.45) is 0.534. The summed E-state index contributed by atoms with van der Waals surface area (Å²) >= 11 is 0. The number of nitrogens with zero attached hydrogens (tertiary/aromatic N) is 1.